The van der Waals surface area contributed by atoms with Crippen LogP contribution >= 0.6 is 22.9 Å². The van der Waals surface area contributed by atoms with Crippen LogP contribution < -0.4 is 10.6 Å². The second-order valence-electron chi connectivity index (χ2n) is 6.83. The minimum atomic E-state index is 0.458. The van der Waals surface area contributed by atoms with Gasteiger partial charge in [-0.3, -0.25) is 9.89 Å². The second kappa shape index (κ2) is 10.1. The van der Waals surface area contributed by atoms with Crippen molar-refractivity contribution < 1.29 is 0 Å². The molecular weight excluding hydrogens is 378 g/mol. The Labute approximate surface area is 170 Å². The molecule has 1 aromatic carbocycles. The molecule has 27 heavy (non-hydrogen) atoms. The topological polar surface area (TPSA) is 52.6 Å². The van der Waals surface area contributed by atoms with Crippen LogP contribution in [0.3, 0.4) is 0 Å². The first-order chi connectivity index (χ1) is 13.2. The van der Waals surface area contributed by atoms with E-state index in [1.807, 2.05) is 19.2 Å². The lowest BCUT2D eigenvalue weighted by atomic mass is 10.0. The van der Waals surface area contributed by atoms with E-state index >= 15 is 0 Å². The molecule has 0 spiro atoms. The van der Waals surface area contributed by atoms with Gasteiger partial charge in [0, 0.05) is 43.1 Å². The summed E-state index contributed by atoms with van der Waals surface area (Å²) in [6, 6.07) is 8.61. The third kappa shape index (κ3) is 6.19. The number of piperidine rings is 1. The van der Waals surface area contributed by atoms with Gasteiger partial charge < -0.3 is 10.6 Å². The fourth-order valence-corrected chi connectivity index (χ4v) is 4.11. The Kier molecular flexibility index (Phi) is 7.50. The molecule has 0 saturated carbocycles. The molecule has 146 valence electrons. The molecule has 1 aliphatic rings. The van der Waals surface area contributed by atoms with Gasteiger partial charge in [0.25, 0.3) is 0 Å². The van der Waals surface area contributed by atoms with E-state index in [0.29, 0.717) is 12.6 Å². The third-order valence-corrected chi connectivity index (χ3v) is 6.10. The summed E-state index contributed by atoms with van der Waals surface area (Å²) in [7, 11) is 1.82. The molecule has 0 aliphatic carbocycles. The summed E-state index contributed by atoms with van der Waals surface area (Å²) in [4.78, 5) is 11.5. The standard InChI is InChI=1S/C20H28ClN5S/c1-3-19-24-18(14-27-19)12-23-20(22-2)25-17-8-10-26(11-9-17)13-15-4-6-16(21)7-5-15/h4-7,14,17H,3,8-13H2,1-2H3,(H2,22,23,25). The van der Waals surface area contributed by atoms with Crippen molar-refractivity contribution in [2.75, 3.05) is 20.1 Å². The maximum absolute atomic E-state index is 5.97. The van der Waals surface area contributed by atoms with E-state index in [1.54, 1.807) is 11.3 Å². The van der Waals surface area contributed by atoms with Gasteiger partial charge in [0.2, 0.25) is 0 Å². The Morgan fingerprint density at radius 1 is 1.30 bits per heavy atom. The number of aromatic nitrogens is 1. The number of nitrogens with zero attached hydrogens (tertiary/aromatic N) is 3. The quantitative estimate of drug-likeness (QED) is 0.568. The van der Waals surface area contributed by atoms with Gasteiger partial charge in [-0.15, -0.1) is 11.3 Å². The number of aliphatic imine (C=N–C) groups is 1. The number of aryl methyl sites for hydroxylation is 1. The monoisotopic (exact) mass is 405 g/mol. The van der Waals surface area contributed by atoms with E-state index in [0.717, 1.165) is 55.6 Å². The SMILES string of the molecule is CCc1nc(CNC(=NC)NC2CCN(Cc3ccc(Cl)cc3)CC2)cs1. The Morgan fingerprint density at radius 3 is 2.67 bits per heavy atom. The number of halogens is 1. The molecule has 2 heterocycles. The predicted octanol–water partition coefficient (Wildman–Crippen LogP) is 3.69. The number of benzene rings is 1. The van der Waals surface area contributed by atoms with Crippen molar-refractivity contribution in [3.05, 3.63) is 50.9 Å². The second-order valence-corrected chi connectivity index (χ2v) is 8.21. The molecule has 1 fully saturated rings. The van der Waals surface area contributed by atoms with Gasteiger partial charge >= 0.3 is 0 Å². The molecule has 5 nitrogen and oxygen atoms in total. The molecule has 0 atom stereocenters. The summed E-state index contributed by atoms with van der Waals surface area (Å²) < 4.78 is 0. The van der Waals surface area contributed by atoms with Crippen LogP contribution in [0.2, 0.25) is 5.02 Å². The molecule has 1 saturated heterocycles. The van der Waals surface area contributed by atoms with Crippen LogP contribution in [0, 0.1) is 0 Å². The number of thiazole rings is 1. The maximum atomic E-state index is 5.97. The molecule has 1 aromatic heterocycles. The molecule has 0 radical (unpaired) electrons. The predicted molar refractivity (Wildman–Crippen MR) is 115 cm³/mol. The van der Waals surface area contributed by atoms with Crippen LogP contribution in [0.15, 0.2) is 34.6 Å². The van der Waals surface area contributed by atoms with Gasteiger partial charge in [-0.05, 0) is 37.0 Å². The minimum absolute atomic E-state index is 0.458. The van der Waals surface area contributed by atoms with E-state index < -0.39 is 0 Å². The molecule has 1 aliphatic heterocycles. The molecule has 2 aromatic rings. The van der Waals surface area contributed by atoms with Crippen molar-refractivity contribution >= 4 is 28.9 Å². The largest absolute Gasteiger partial charge is 0.354 e. The van der Waals surface area contributed by atoms with Crippen molar-refractivity contribution in [2.24, 2.45) is 4.99 Å². The third-order valence-electron chi connectivity index (χ3n) is 4.81. The first-order valence-corrected chi connectivity index (χ1v) is 10.8. The van der Waals surface area contributed by atoms with E-state index in [-0.39, 0.29) is 0 Å². The lowest BCUT2D eigenvalue weighted by Crippen LogP contribution is -2.48. The van der Waals surface area contributed by atoms with Crippen LogP contribution in [0.25, 0.3) is 0 Å². The first-order valence-electron chi connectivity index (χ1n) is 9.53. The molecule has 2 N–H and O–H groups in total. The molecule has 0 bridgehead atoms. The summed E-state index contributed by atoms with van der Waals surface area (Å²) in [5.41, 5.74) is 2.40. The first kappa shape index (κ1) is 20.1. The normalized spacial score (nSPS) is 16.5. The maximum Gasteiger partial charge on any atom is 0.191 e. The number of likely N-dealkylation sites (tertiary alicyclic amines) is 1. The van der Waals surface area contributed by atoms with Gasteiger partial charge in [0.05, 0.1) is 17.2 Å². The van der Waals surface area contributed by atoms with Gasteiger partial charge in [0.15, 0.2) is 5.96 Å². The van der Waals surface area contributed by atoms with E-state index in [9.17, 15) is 0 Å². The molecule has 0 amide bonds. The summed E-state index contributed by atoms with van der Waals surface area (Å²) in [5.74, 6) is 0.859. The number of guanidine groups is 1. The van der Waals surface area contributed by atoms with Crippen molar-refractivity contribution in [1.29, 1.82) is 0 Å². The zero-order chi connectivity index (χ0) is 19.1. The fraction of sp³-hybridized carbons (Fsp3) is 0.500. The van der Waals surface area contributed by atoms with Crippen molar-refractivity contribution in [3.63, 3.8) is 0 Å². The summed E-state index contributed by atoms with van der Waals surface area (Å²) >= 11 is 7.69. The Morgan fingerprint density at radius 2 is 2.04 bits per heavy atom. The van der Waals surface area contributed by atoms with Crippen LogP contribution in [0.5, 0.6) is 0 Å². The molecule has 0 unspecified atom stereocenters. The Bertz CT molecular complexity index is 735. The smallest absolute Gasteiger partial charge is 0.191 e. The Balaban J connectivity index is 1.41. The highest BCUT2D eigenvalue weighted by atomic mass is 35.5. The average molecular weight is 406 g/mol. The number of rotatable bonds is 6. The van der Waals surface area contributed by atoms with Gasteiger partial charge in [-0.1, -0.05) is 30.7 Å². The highest BCUT2D eigenvalue weighted by molar-refractivity contribution is 7.09. The van der Waals surface area contributed by atoms with Crippen LogP contribution in [-0.2, 0) is 19.5 Å². The number of hydrogen-bond acceptors (Lipinski definition) is 4. The minimum Gasteiger partial charge on any atom is -0.354 e. The molecule has 3 rings (SSSR count). The van der Waals surface area contributed by atoms with E-state index in [2.05, 4.69) is 49.9 Å². The molecule has 7 heteroatoms. The number of nitrogens with one attached hydrogen (secondary N) is 2. The summed E-state index contributed by atoms with van der Waals surface area (Å²) in [5, 5.41) is 11.0. The highest BCUT2D eigenvalue weighted by Gasteiger charge is 2.20. The van der Waals surface area contributed by atoms with Crippen LogP contribution in [0.4, 0.5) is 0 Å². The van der Waals surface area contributed by atoms with Crippen LogP contribution in [0.1, 0.15) is 36.0 Å². The fourth-order valence-electron chi connectivity index (χ4n) is 3.24. The van der Waals surface area contributed by atoms with Crippen molar-refractivity contribution in [2.45, 2.75) is 45.3 Å². The van der Waals surface area contributed by atoms with Crippen molar-refractivity contribution in [3.8, 4) is 0 Å². The van der Waals surface area contributed by atoms with Gasteiger partial charge in [-0.2, -0.15) is 0 Å². The van der Waals surface area contributed by atoms with E-state index in [1.165, 1.54) is 10.6 Å². The zero-order valence-electron chi connectivity index (χ0n) is 16.0. The summed E-state index contributed by atoms with van der Waals surface area (Å²) in [6.07, 6.45) is 3.22. The average Bonchev–Trinajstić information content (AvgIpc) is 3.16. The summed E-state index contributed by atoms with van der Waals surface area (Å²) in [6.45, 7) is 6.01. The van der Waals surface area contributed by atoms with Gasteiger partial charge in [-0.25, -0.2) is 4.98 Å². The van der Waals surface area contributed by atoms with Crippen molar-refractivity contribution in [1.82, 2.24) is 20.5 Å². The lowest BCUT2D eigenvalue weighted by molar-refractivity contribution is 0.198. The Hall–Kier alpha value is -1.63. The van der Waals surface area contributed by atoms with E-state index in [4.69, 9.17) is 11.6 Å². The van der Waals surface area contributed by atoms with Crippen LogP contribution in [-0.4, -0.2) is 42.0 Å². The van der Waals surface area contributed by atoms with Gasteiger partial charge in [0.1, 0.15) is 0 Å². The highest BCUT2D eigenvalue weighted by Crippen LogP contribution is 2.16. The molecular formula is C20H28ClN5S. The lowest BCUT2D eigenvalue weighted by Gasteiger charge is -2.33. The zero-order valence-corrected chi connectivity index (χ0v) is 17.6. The number of hydrogen-bond donors (Lipinski definition) is 2.